The van der Waals surface area contributed by atoms with Crippen LogP contribution in [0.25, 0.3) is 0 Å². The number of fused-ring (bicyclic) bond motifs is 2. The molecular formula is C8H15NO. The first kappa shape index (κ1) is 6.62. The van der Waals surface area contributed by atoms with Crippen LogP contribution in [-0.4, -0.2) is 25.8 Å². The number of hydrogen-bond donors (Lipinski definition) is 1. The van der Waals surface area contributed by atoms with Crippen LogP contribution in [0.4, 0.5) is 0 Å². The van der Waals surface area contributed by atoms with Crippen LogP contribution < -0.4 is 5.32 Å². The van der Waals surface area contributed by atoms with Crippen molar-refractivity contribution in [2.24, 2.45) is 5.92 Å². The lowest BCUT2D eigenvalue weighted by molar-refractivity contribution is 0.147. The summed E-state index contributed by atoms with van der Waals surface area (Å²) < 4.78 is 5.12. The number of hydrogen-bond acceptors (Lipinski definition) is 2. The zero-order valence-electron chi connectivity index (χ0n) is 6.47. The van der Waals surface area contributed by atoms with Gasteiger partial charge in [0.2, 0.25) is 0 Å². The molecule has 58 valence electrons. The molecule has 2 nitrogen and oxygen atoms in total. The van der Waals surface area contributed by atoms with Gasteiger partial charge in [0, 0.05) is 19.2 Å². The van der Waals surface area contributed by atoms with E-state index in [1.165, 1.54) is 19.3 Å². The maximum atomic E-state index is 5.12. The average Bonchev–Trinajstić information content (AvgIpc) is 2.48. The molecule has 2 rings (SSSR count). The maximum Gasteiger partial charge on any atom is 0.0618 e. The zero-order chi connectivity index (χ0) is 6.97. The van der Waals surface area contributed by atoms with Gasteiger partial charge < -0.3 is 10.1 Å². The Hall–Kier alpha value is -0.0800. The molecule has 10 heavy (non-hydrogen) atoms. The predicted molar refractivity (Wildman–Crippen MR) is 39.9 cm³/mol. The van der Waals surface area contributed by atoms with Crippen LogP contribution in [0.5, 0.6) is 0 Å². The van der Waals surface area contributed by atoms with E-state index in [4.69, 9.17) is 4.74 Å². The van der Waals surface area contributed by atoms with E-state index in [0.29, 0.717) is 6.04 Å². The highest BCUT2D eigenvalue weighted by Crippen LogP contribution is 2.34. The van der Waals surface area contributed by atoms with E-state index in [0.717, 1.165) is 18.6 Å². The van der Waals surface area contributed by atoms with E-state index in [9.17, 15) is 0 Å². The van der Waals surface area contributed by atoms with Crippen LogP contribution in [0.1, 0.15) is 19.3 Å². The monoisotopic (exact) mass is 141 g/mol. The summed E-state index contributed by atoms with van der Waals surface area (Å²) in [5.74, 6) is 0.921. The molecule has 0 aromatic rings. The van der Waals surface area contributed by atoms with E-state index in [-0.39, 0.29) is 0 Å². The number of rotatable bonds is 2. The molecule has 0 spiro atoms. The van der Waals surface area contributed by atoms with Crippen LogP contribution in [0, 0.1) is 5.92 Å². The molecule has 0 aromatic heterocycles. The first-order valence-electron chi connectivity index (χ1n) is 4.15. The Balaban J connectivity index is 1.90. The SMILES string of the molecule is COCC1NC2CCC1C2. The highest BCUT2D eigenvalue weighted by atomic mass is 16.5. The molecule has 2 aliphatic rings. The van der Waals surface area contributed by atoms with Gasteiger partial charge >= 0.3 is 0 Å². The van der Waals surface area contributed by atoms with Crippen molar-refractivity contribution in [3.05, 3.63) is 0 Å². The molecule has 0 amide bonds. The Labute approximate surface area is 61.9 Å². The summed E-state index contributed by atoms with van der Waals surface area (Å²) >= 11 is 0. The number of ether oxygens (including phenoxy) is 1. The number of nitrogens with one attached hydrogen (secondary N) is 1. The third kappa shape index (κ3) is 0.956. The molecule has 1 N–H and O–H groups in total. The minimum atomic E-state index is 0.670. The summed E-state index contributed by atoms with van der Waals surface area (Å²) in [6.45, 7) is 0.904. The molecule has 3 unspecified atom stereocenters. The second-order valence-electron chi connectivity index (χ2n) is 3.50. The van der Waals surface area contributed by atoms with Crippen molar-refractivity contribution in [2.75, 3.05) is 13.7 Å². The molecule has 2 heteroatoms. The topological polar surface area (TPSA) is 21.3 Å². The molecule has 2 bridgehead atoms. The fourth-order valence-electron chi connectivity index (χ4n) is 2.34. The van der Waals surface area contributed by atoms with Crippen molar-refractivity contribution in [3.63, 3.8) is 0 Å². The van der Waals surface area contributed by atoms with Gasteiger partial charge in [-0.2, -0.15) is 0 Å². The molecule has 1 saturated carbocycles. The molecule has 2 fully saturated rings. The van der Waals surface area contributed by atoms with Crippen molar-refractivity contribution >= 4 is 0 Å². The highest BCUT2D eigenvalue weighted by Gasteiger charge is 2.38. The van der Waals surface area contributed by atoms with Crippen LogP contribution in [0.2, 0.25) is 0 Å². The largest absolute Gasteiger partial charge is 0.383 e. The smallest absolute Gasteiger partial charge is 0.0618 e. The Bertz CT molecular complexity index is 126. The van der Waals surface area contributed by atoms with Crippen LogP contribution in [0.3, 0.4) is 0 Å². The second kappa shape index (κ2) is 2.51. The summed E-state index contributed by atoms with van der Waals surface area (Å²) in [5.41, 5.74) is 0. The number of methoxy groups -OCH3 is 1. The predicted octanol–water partition coefficient (Wildman–Crippen LogP) is 0.773. The molecule has 0 aromatic carbocycles. The van der Waals surface area contributed by atoms with Gasteiger partial charge in [-0.05, 0) is 25.2 Å². The van der Waals surface area contributed by atoms with Crippen molar-refractivity contribution in [2.45, 2.75) is 31.3 Å². The maximum absolute atomic E-state index is 5.12. The second-order valence-corrected chi connectivity index (χ2v) is 3.50. The summed E-state index contributed by atoms with van der Waals surface area (Å²) in [4.78, 5) is 0. The lowest BCUT2D eigenvalue weighted by Gasteiger charge is -2.21. The van der Waals surface area contributed by atoms with Gasteiger partial charge in [-0.3, -0.25) is 0 Å². The van der Waals surface area contributed by atoms with Crippen molar-refractivity contribution in [3.8, 4) is 0 Å². The van der Waals surface area contributed by atoms with Gasteiger partial charge in [-0.25, -0.2) is 0 Å². The quantitative estimate of drug-likeness (QED) is 0.613. The van der Waals surface area contributed by atoms with E-state index >= 15 is 0 Å². The standard InChI is InChI=1S/C8H15NO/c1-10-5-8-6-2-3-7(4-6)9-8/h6-9H,2-5H2,1H3. The summed E-state index contributed by atoms with van der Waals surface area (Å²) in [6, 6.07) is 1.49. The molecule has 0 radical (unpaired) electrons. The van der Waals surface area contributed by atoms with Crippen molar-refractivity contribution in [1.29, 1.82) is 0 Å². The molecule has 1 saturated heterocycles. The van der Waals surface area contributed by atoms with Crippen molar-refractivity contribution in [1.82, 2.24) is 5.32 Å². The summed E-state index contributed by atoms with van der Waals surface area (Å²) in [7, 11) is 1.79. The summed E-state index contributed by atoms with van der Waals surface area (Å²) in [6.07, 6.45) is 4.21. The molecule has 3 atom stereocenters. The Morgan fingerprint density at radius 3 is 2.90 bits per heavy atom. The molecular weight excluding hydrogens is 126 g/mol. The van der Waals surface area contributed by atoms with E-state index in [1.54, 1.807) is 7.11 Å². The van der Waals surface area contributed by atoms with Crippen LogP contribution in [-0.2, 0) is 4.74 Å². The minimum Gasteiger partial charge on any atom is -0.383 e. The molecule has 1 aliphatic heterocycles. The van der Waals surface area contributed by atoms with Gasteiger partial charge in [0.15, 0.2) is 0 Å². The van der Waals surface area contributed by atoms with E-state index < -0.39 is 0 Å². The average molecular weight is 141 g/mol. The van der Waals surface area contributed by atoms with Crippen molar-refractivity contribution < 1.29 is 4.74 Å². The van der Waals surface area contributed by atoms with E-state index in [1.807, 2.05) is 0 Å². The molecule has 1 heterocycles. The Morgan fingerprint density at radius 1 is 1.50 bits per heavy atom. The normalized spacial score (nSPS) is 44.7. The molecule has 1 aliphatic carbocycles. The third-order valence-corrected chi connectivity index (χ3v) is 2.84. The van der Waals surface area contributed by atoms with Gasteiger partial charge in [0.1, 0.15) is 0 Å². The zero-order valence-corrected chi connectivity index (χ0v) is 6.47. The lowest BCUT2D eigenvalue weighted by Crippen LogP contribution is -2.38. The van der Waals surface area contributed by atoms with Gasteiger partial charge in [0.05, 0.1) is 6.61 Å². The van der Waals surface area contributed by atoms with Gasteiger partial charge in [-0.15, -0.1) is 0 Å². The minimum absolute atomic E-state index is 0.670. The summed E-state index contributed by atoms with van der Waals surface area (Å²) in [5, 5.41) is 3.57. The fourth-order valence-corrected chi connectivity index (χ4v) is 2.34. The van der Waals surface area contributed by atoms with Gasteiger partial charge in [-0.1, -0.05) is 0 Å². The third-order valence-electron chi connectivity index (χ3n) is 2.84. The van der Waals surface area contributed by atoms with Crippen LogP contribution >= 0.6 is 0 Å². The highest BCUT2D eigenvalue weighted by molar-refractivity contribution is 4.96. The fraction of sp³-hybridized carbons (Fsp3) is 1.00. The van der Waals surface area contributed by atoms with Crippen LogP contribution in [0.15, 0.2) is 0 Å². The number of piperidine rings is 1. The Morgan fingerprint density at radius 2 is 2.40 bits per heavy atom. The van der Waals surface area contributed by atoms with E-state index in [2.05, 4.69) is 5.32 Å². The first-order chi connectivity index (χ1) is 4.90. The lowest BCUT2D eigenvalue weighted by atomic mass is 10.0. The Kier molecular flexibility index (Phi) is 1.66. The first-order valence-corrected chi connectivity index (χ1v) is 4.15. The van der Waals surface area contributed by atoms with Gasteiger partial charge in [0.25, 0.3) is 0 Å².